The molecule has 0 unspecified atom stereocenters. The number of fused-ring (bicyclic) bond motifs is 1. The molecular weight excluding hydrogens is 399 g/mol. The van der Waals surface area contributed by atoms with Gasteiger partial charge in [0.2, 0.25) is 0 Å². The molecule has 2 aromatic carbocycles. The predicted octanol–water partition coefficient (Wildman–Crippen LogP) is 7.54. The van der Waals surface area contributed by atoms with Gasteiger partial charge in [0.25, 0.3) is 0 Å². The zero-order chi connectivity index (χ0) is 19.3. The zero-order valence-electron chi connectivity index (χ0n) is 15.5. The number of halogens is 3. The largest absolute Gasteiger partial charge is 0.299 e. The number of hydrogen-bond acceptors (Lipinski definition) is 1. The van der Waals surface area contributed by atoms with Crippen LogP contribution in [0.3, 0.4) is 0 Å². The molecule has 2 aliphatic carbocycles. The van der Waals surface area contributed by atoms with Crippen molar-refractivity contribution in [1.82, 2.24) is 0 Å². The Morgan fingerprint density at radius 3 is 2.33 bits per heavy atom. The minimum atomic E-state index is -0.251. The lowest BCUT2D eigenvalue weighted by atomic mass is 9.56. The van der Waals surface area contributed by atoms with Crippen LogP contribution in [0.4, 0.5) is 0 Å². The quantitative estimate of drug-likeness (QED) is 0.489. The molecule has 0 heterocycles. The smallest absolute Gasteiger partial charge is 0.139 e. The third-order valence-corrected chi connectivity index (χ3v) is 7.72. The van der Waals surface area contributed by atoms with Gasteiger partial charge in [-0.05, 0) is 71.9 Å². The van der Waals surface area contributed by atoms with E-state index in [1.807, 2.05) is 24.3 Å². The van der Waals surface area contributed by atoms with Crippen LogP contribution in [0, 0.1) is 17.3 Å². The van der Waals surface area contributed by atoms with E-state index in [0.717, 1.165) is 23.4 Å². The van der Waals surface area contributed by atoms with Crippen molar-refractivity contribution in [2.45, 2.75) is 44.9 Å². The number of rotatable bonds is 2. The van der Waals surface area contributed by atoms with Crippen molar-refractivity contribution in [2.24, 2.45) is 17.3 Å². The fraction of sp³-hybridized carbons (Fsp3) is 0.435. The van der Waals surface area contributed by atoms with Gasteiger partial charge in [-0.1, -0.05) is 66.8 Å². The summed E-state index contributed by atoms with van der Waals surface area (Å²) >= 11 is 18.9. The molecule has 2 saturated carbocycles. The van der Waals surface area contributed by atoms with Crippen molar-refractivity contribution in [1.29, 1.82) is 0 Å². The molecule has 4 rings (SSSR count). The van der Waals surface area contributed by atoms with E-state index < -0.39 is 0 Å². The van der Waals surface area contributed by atoms with E-state index >= 15 is 0 Å². The van der Waals surface area contributed by atoms with Crippen LogP contribution in [-0.2, 0) is 4.79 Å². The Labute approximate surface area is 176 Å². The number of ketones is 1. The molecule has 0 aliphatic heterocycles. The molecule has 2 aliphatic rings. The van der Waals surface area contributed by atoms with Crippen LogP contribution in [0.5, 0.6) is 0 Å². The van der Waals surface area contributed by atoms with E-state index in [0.29, 0.717) is 34.1 Å². The van der Waals surface area contributed by atoms with Crippen molar-refractivity contribution in [3.8, 4) is 0 Å². The van der Waals surface area contributed by atoms with Gasteiger partial charge in [-0.25, -0.2) is 0 Å². The minimum Gasteiger partial charge on any atom is -0.299 e. The zero-order valence-corrected chi connectivity index (χ0v) is 17.8. The second-order valence-electron chi connectivity index (χ2n) is 8.44. The van der Waals surface area contributed by atoms with Crippen LogP contribution in [0.15, 0.2) is 42.5 Å². The number of benzene rings is 2. The third kappa shape index (κ3) is 3.22. The highest BCUT2D eigenvalue weighted by molar-refractivity contribution is 6.35. The molecular formula is C23H23Cl3O. The Kier molecular flexibility index (Phi) is 5.08. The Bertz CT molecular complexity index is 876. The topological polar surface area (TPSA) is 17.1 Å². The van der Waals surface area contributed by atoms with E-state index in [1.165, 1.54) is 5.56 Å². The monoisotopic (exact) mass is 420 g/mol. The van der Waals surface area contributed by atoms with Gasteiger partial charge in [0.1, 0.15) is 5.78 Å². The average Bonchev–Trinajstić information content (AvgIpc) is 2.85. The predicted molar refractivity (Wildman–Crippen MR) is 113 cm³/mol. The number of Topliss-reactive ketones (excluding diaryl/α,β-unsaturated/α-hetero) is 1. The summed E-state index contributed by atoms with van der Waals surface area (Å²) in [6, 6.07) is 13.9. The van der Waals surface area contributed by atoms with Crippen LogP contribution >= 0.6 is 34.8 Å². The van der Waals surface area contributed by atoms with Crippen molar-refractivity contribution in [3.05, 3.63) is 68.7 Å². The first kappa shape index (κ1) is 19.3. The summed E-state index contributed by atoms with van der Waals surface area (Å²) in [5.41, 5.74) is 2.13. The van der Waals surface area contributed by atoms with Crippen LogP contribution in [0.25, 0.3) is 0 Å². The molecule has 0 spiro atoms. The van der Waals surface area contributed by atoms with Gasteiger partial charge in [0.15, 0.2) is 0 Å². The third-order valence-electron chi connectivity index (χ3n) is 6.91. The number of hydrogen-bond donors (Lipinski definition) is 0. The lowest BCUT2D eigenvalue weighted by Gasteiger charge is -2.47. The molecule has 0 radical (unpaired) electrons. The maximum atomic E-state index is 12.9. The summed E-state index contributed by atoms with van der Waals surface area (Å²) in [4.78, 5) is 12.9. The molecule has 2 aromatic rings. The molecule has 27 heavy (non-hydrogen) atoms. The fourth-order valence-electron chi connectivity index (χ4n) is 5.68. The summed E-state index contributed by atoms with van der Waals surface area (Å²) < 4.78 is 0. The molecule has 1 nitrogen and oxygen atoms in total. The molecule has 142 valence electrons. The molecule has 0 amide bonds. The summed E-state index contributed by atoms with van der Waals surface area (Å²) in [5, 5.41) is 2.10. The molecule has 0 N–H and O–H groups in total. The lowest BCUT2D eigenvalue weighted by molar-refractivity contribution is -0.128. The van der Waals surface area contributed by atoms with Gasteiger partial charge in [0.05, 0.1) is 0 Å². The number of carbonyl (C=O) groups is 1. The second kappa shape index (κ2) is 7.10. The van der Waals surface area contributed by atoms with E-state index in [1.54, 1.807) is 0 Å². The summed E-state index contributed by atoms with van der Waals surface area (Å²) in [6.07, 6.45) is 2.53. The Morgan fingerprint density at radius 1 is 1.00 bits per heavy atom. The lowest BCUT2D eigenvalue weighted by Crippen LogP contribution is -2.41. The fourth-order valence-corrected chi connectivity index (χ4v) is 6.36. The van der Waals surface area contributed by atoms with Crippen LogP contribution in [0.2, 0.25) is 15.1 Å². The van der Waals surface area contributed by atoms with Gasteiger partial charge in [0, 0.05) is 26.9 Å². The van der Waals surface area contributed by atoms with Crippen molar-refractivity contribution >= 4 is 40.6 Å². The molecule has 0 bridgehead atoms. The molecule has 5 atom stereocenters. The standard InChI is InChI=1S/C23H23Cl3O/c1-13-11-20(27)23(2)10-9-18(17-8-7-16(25)12-19(17)26)21(22(13)23)14-3-5-15(24)6-4-14/h3-8,12-13,18,21-22H,9-11H2,1-2H3/t13-,18-,21-,22-,23-/m0/s1. The van der Waals surface area contributed by atoms with Crippen molar-refractivity contribution in [2.75, 3.05) is 0 Å². The van der Waals surface area contributed by atoms with E-state index in [-0.39, 0.29) is 17.3 Å². The first-order valence-corrected chi connectivity index (χ1v) is 10.7. The molecule has 0 saturated heterocycles. The highest BCUT2D eigenvalue weighted by Crippen LogP contribution is 2.62. The SMILES string of the molecule is C[C@H]1CC(=O)[C@]2(C)CC[C@@H](c3ccc(Cl)cc3Cl)[C@H](c3ccc(Cl)cc3)[C@H]12. The van der Waals surface area contributed by atoms with Gasteiger partial charge in [-0.15, -0.1) is 0 Å². The first-order valence-electron chi connectivity index (χ1n) is 9.55. The van der Waals surface area contributed by atoms with Crippen LogP contribution < -0.4 is 0 Å². The van der Waals surface area contributed by atoms with Crippen molar-refractivity contribution in [3.63, 3.8) is 0 Å². The van der Waals surface area contributed by atoms with Crippen LogP contribution in [-0.4, -0.2) is 5.78 Å². The Balaban J connectivity index is 1.85. The van der Waals surface area contributed by atoms with E-state index in [9.17, 15) is 4.79 Å². The maximum absolute atomic E-state index is 12.9. The summed E-state index contributed by atoms with van der Waals surface area (Å²) in [7, 11) is 0. The number of carbonyl (C=O) groups excluding carboxylic acids is 1. The van der Waals surface area contributed by atoms with Gasteiger partial charge in [-0.3, -0.25) is 4.79 Å². The average molecular weight is 422 g/mol. The van der Waals surface area contributed by atoms with E-state index in [4.69, 9.17) is 34.8 Å². The molecule has 2 fully saturated rings. The summed E-state index contributed by atoms with van der Waals surface area (Å²) in [5.74, 6) is 1.58. The Morgan fingerprint density at radius 2 is 1.67 bits per heavy atom. The Hall–Kier alpha value is -1.02. The minimum absolute atomic E-state index is 0.237. The normalized spacial score (nSPS) is 33.1. The highest BCUT2D eigenvalue weighted by Gasteiger charge is 2.57. The van der Waals surface area contributed by atoms with Crippen molar-refractivity contribution < 1.29 is 4.79 Å². The summed E-state index contributed by atoms with van der Waals surface area (Å²) in [6.45, 7) is 4.40. The van der Waals surface area contributed by atoms with E-state index in [2.05, 4.69) is 32.0 Å². The van der Waals surface area contributed by atoms with Gasteiger partial charge < -0.3 is 0 Å². The molecule has 0 aromatic heterocycles. The maximum Gasteiger partial charge on any atom is 0.139 e. The molecule has 4 heteroatoms. The van der Waals surface area contributed by atoms with Gasteiger partial charge >= 0.3 is 0 Å². The second-order valence-corrected chi connectivity index (χ2v) is 9.72. The van der Waals surface area contributed by atoms with Crippen LogP contribution in [0.1, 0.15) is 56.1 Å². The van der Waals surface area contributed by atoms with Gasteiger partial charge in [-0.2, -0.15) is 0 Å². The first-order chi connectivity index (χ1) is 12.8. The highest BCUT2D eigenvalue weighted by atomic mass is 35.5.